The Kier molecular flexibility index (Phi) is 11.4. The van der Waals surface area contributed by atoms with Crippen molar-refractivity contribution in [2.24, 2.45) is 0 Å². The van der Waals surface area contributed by atoms with Crippen molar-refractivity contribution in [3.63, 3.8) is 0 Å². The van der Waals surface area contributed by atoms with Crippen molar-refractivity contribution in [2.45, 2.75) is 109 Å². The molecule has 1 aromatic heterocycles. The molecule has 3 atom stereocenters. The van der Waals surface area contributed by atoms with Crippen molar-refractivity contribution in [3.05, 3.63) is 87.4 Å². The predicted octanol–water partition coefficient (Wildman–Crippen LogP) is 7.83. The number of rotatable bonds is 11. The molecule has 262 valence electrons. The van der Waals surface area contributed by atoms with Gasteiger partial charge in [0.25, 0.3) is 0 Å². The number of alkyl carbamates (subject to hydrolysis) is 1. The van der Waals surface area contributed by atoms with Gasteiger partial charge >= 0.3 is 6.09 Å². The van der Waals surface area contributed by atoms with Crippen LogP contribution in [0, 0.1) is 0 Å². The number of nitrogens with one attached hydrogen (secondary N) is 2. The smallest absolute Gasteiger partial charge is 0.408 e. The van der Waals surface area contributed by atoms with Crippen LogP contribution in [0.25, 0.3) is 0 Å². The first-order valence-electron chi connectivity index (χ1n) is 16.2. The number of carbonyl (C=O) groups is 2. The Balaban J connectivity index is 1.64. The molecule has 0 radical (unpaired) electrons. The van der Waals surface area contributed by atoms with Crippen LogP contribution in [0.1, 0.15) is 93.6 Å². The summed E-state index contributed by atoms with van der Waals surface area (Å²) >= 11 is 3.58. The van der Waals surface area contributed by atoms with Crippen molar-refractivity contribution in [1.82, 2.24) is 19.6 Å². The average Bonchev–Trinajstić information content (AvgIpc) is 3.51. The molecule has 2 amide bonds. The lowest BCUT2D eigenvalue weighted by atomic mass is 10.0. The molecular weight excluding hydrogens is 712 g/mol. The third-order valence-electron chi connectivity index (χ3n) is 7.82. The summed E-state index contributed by atoms with van der Waals surface area (Å²) in [6.45, 7) is 18.1. The van der Waals surface area contributed by atoms with Crippen LogP contribution in [0.5, 0.6) is 0 Å². The summed E-state index contributed by atoms with van der Waals surface area (Å²) in [6, 6.07) is 15.7. The lowest BCUT2D eigenvalue weighted by Gasteiger charge is -2.31. The molecule has 0 saturated carbocycles. The minimum atomic E-state index is -3.91. The fourth-order valence-electron chi connectivity index (χ4n) is 5.64. The molecule has 2 aromatic carbocycles. The SMILES string of the molecule is CC(C)(C)OC(=O)N[C@@H](Cc1ccc(C2CC(=O)N(C(C)(C)C)S2(=O)=O)c(Br)c1)c1ncc(C(OCC[Si](C)(C)C)c2ccccc2)[nH]1. The Morgan fingerprint density at radius 3 is 2.33 bits per heavy atom. The van der Waals surface area contributed by atoms with Crippen LogP contribution in [0.3, 0.4) is 0 Å². The quantitative estimate of drug-likeness (QED) is 0.191. The van der Waals surface area contributed by atoms with Gasteiger partial charge in [-0.25, -0.2) is 22.5 Å². The lowest BCUT2D eigenvalue weighted by molar-refractivity contribution is -0.128. The zero-order valence-electron chi connectivity index (χ0n) is 29.4. The first-order chi connectivity index (χ1) is 22.2. The number of ether oxygens (including phenoxy) is 2. The van der Waals surface area contributed by atoms with Gasteiger partial charge in [0, 0.05) is 25.6 Å². The van der Waals surface area contributed by atoms with Crippen LogP contribution in [0.2, 0.25) is 25.7 Å². The fraction of sp³-hybridized carbons (Fsp3) is 0.514. The maximum absolute atomic E-state index is 13.5. The topological polar surface area (TPSA) is 131 Å². The standard InChI is InChI=1S/C35H49BrN4O6SSi/c1-34(2,3)40-30(41)21-29(47(40,43)44)25-16-15-23(19-26(25)36)20-27(39-33(42)46-35(4,5)6)32-37-22-28(38-32)31(24-13-11-10-12-14-24)45-17-18-48(7,8)9/h10-16,19,22,27,29,31H,17-18,20-21H2,1-9H3,(H,37,38)(H,39,42)/t27-,29?,31?/m0/s1. The van der Waals surface area contributed by atoms with Gasteiger partial charge in [0.1, 0.15) is 22.8 Å². The van der Waals surface area contributed by atoms with Crippen LogP contribution in [-0.2, 0) is 30.7 Å². The molecule has 1 saturated heterocycles. The van der Waals surface area contributed by atoms with Gasteiger partial charge in [-0.05, 0) is 70.3 Å². The Morgan fingerprint density at radius 1 is 1.10 bits per heavy atom. The number of aromatic amines is 1. The molecule has 1 aliphatic rings. The lowest BCUT2D eigenvalue weighted by Crippen LogP contribution is -2.45. The zero-order valence-corrected chi connectivity index (χ0v) is 32.8. The molecule has 3 aromatic rings. The van der Waals surface area contributed by atoms with E-state index in [-0.39, 0.29) is 12.5 Å². The summed E-state index contributed by atoms with van der Waals surface area (Å²) in [5, 5.41) is 1.98. The van der Waals surface area contributed by atoms with Crippen molar-refractivity contribution in [2.75, 3.05) is 6.61 Å². The van der Waals surface area contributed by atoms with Crippen molar-refractivity contribution < 1.29 is 27.5 Å². The van der Waals surface area contributed by atoms with E-state index in [0.29, 0.717) is 28.9 Å². The van der Waals surface area contributed by atoms with E-state index < -0.39 is 52.5 Å². The van der Waals surface area contributed by atoms with Gasteiger partial charge in [-0.2, -0.15) is 0 Å². The van der Waals surface area contributed by atoms with Crippen LogP contribution in [-0.4, -0.2) is 60.5 Å². The number of benzene rings is 2. The molecule has 2 N–H and O–H groups in total. The number of hydrogen-bond acceptors (Lipinski definition) is 7. The molecule has 13 heteroatoms. The van der Waals surface area contributed by atoms with E-state index in [9.17, 15) is 18.0 Å². The number of H-pyrrole nitrogens is 1. The number of imidazole rings is 1. The Bertz CT molecular complexity index is 1710. The second kappa shape index (κ2) is 14.5. The van der Waals surface area contributed by atoms with Crippen LogP contribution < -0.4 is 5.32 Å². The Labute approximate surface area is 294 Å². The average molecular weight is 762 g/mol. The molecule has 0 spiro atoms. The number of hydrogen-bond donors (Lipinski definition) is 2. The highest BCUT2D eigenvalue weighted by Crippen LogP contribution is 2.43. The number of carbonyl (C=O) groups excluding carboxylic acids is 2. The molecule has 1 fully saturated rings. The predicted molar refractivity (Wildman–Crippen MR) is 194 cm³/mol. The van der Waals surface area contributed by atoms with Gasteiger partial charge in [-0.1, -0.05) is 78.0 Å². The first-order valence-corrected chi connectivity index (χ1v) is 22.2. The van der Waals surface area contributed by atoms with Crippen LogP contribution in [0.15, 0.2) is 59.2 Å². The summed E-state index contributed by atoms with van der Waals surface area (Å²) in [4.78, 5) is 34.0. The summed E-state index contributed by atoms with van der Waals surface area (Å²) in [5.74, 6) is 0.104. The number of nitrogens with zero attached hydrogens (tertiary/aromatic N) is 2. The highest BCUT2D eigenvalue weighted by Gasteiger charge is 2.50. The van der Waals surface area contributed by atoms with Crippen LogP contribution in [0.4, 0.5) is 4.79 Å². The molecule has 2 heterocycles. The highest BCUT2D eigenvalue weighted by molar-refractivity contribution is 9.10. The molecule has 0 aliphatic carbocycles. The molecule has 1 aliphatic heterocycles. The van der Waals surface area contributed by atoms with Gasteiger partial charge in [0.2, 0.25) is 15.9 Å². The molecule has 4 rings (SSSR count). The second-order valence-electron chi connectivity index (χ2n) is 15.5. The maximum Gasteiger partial charge on any atom is 0.408 e. The Hall–Kier alpha value is -3.00. The normalized spacial score (nSPS) is 18.1. The fourth-order valence-corrected chi connectivity index (χ4v) is 9.48. The van der Waals surface area contributed by atoms with E-state index >= 15 is 0 Å². The van der Waals surface area contributed by atoms with Gasteiger partial charge in [-0.3, -0.25) is 4.79 Å². The van der Waals surface area contributed by atoms with Gasteiger partial charge in [-0.15, -0.1) is 0 Å². The summed E-state index contributed by atoms with van der Waals surface area (Å²) < 4.78 is 40.5. The van der Waals surface area contributed by atoms with Crippen molar-refractivity contribution in [1.29, 1.82) is 0 Å². The minimum Gasteiger partial charge on any atom is -0.444 e. The summed E-state index contributed by atoms with van der Waals surface area (Å²) in [7, 11) is -5.24. The van der Waals surface area contributed by atoms with E-state index in [1.165, 1.54) is 0 Å². The molecule has 10 nitrogen and oxygen atoms in total. The Morgan fingerprint density at radius 2 is 1.77 bits per heavy atom. The van der Waals surface area contributed by atoms with Gasteiger partial charge < -0.3 is 19.8 Å². The van der Waals surface area contributed by atoms with E-state index in [2.05, 4.69) is 45.9 Å². The number of halogens is 1. The third kappa shape index (κ3) is 9.57. The highest BCUT2D eigenvalue weighted by atomic mass is 79.9. The third-order valence-corrected chi connectivity index (χ3v) is 12.6. The first kappa shape index (κ1) is 37.8. The minimum absolute atomic E-state index is 0.127. The van der Waals surface area contributed by atoms with E-state index in [1.807, 2.05) is 42.5 Å². The van der Waals surface area contributed by atoms with Crippen molar-refractivity contribution in [3.8, 4) is 0 Å². The second-order valence-corrected chi connectivity index (χ2v) is 24.0. The largest absolute Gasteiger partial charge is 0.444 e. The molecule has 2 unspecified atom stereocenters. The zero-order chi connectivity index (χ0) is 35.7. The summed E-state index contributed by atoms with van der Waals surface area (Å²) in [6.07, 6.45) is 0.973. The molecule has 0 bridgehead atoms. The van der Waals surface area contributed by atoms with Crippen LogP contribution >= 0.6 is 15.9 Å². The van der Waals surface area contributed by atoms with E-state index in [4.69, 9.17) is 14.5 Å². The van der Waals surface area contributed by atoms with Gasteiger partial charge in [0.05, 0.1) is 29.9 Å². The number of sulfonamides is 1. The number of aromatic nitrogens is 2. The molecule has 48 heavy (non-hydrogen) atoms. The number of amides is 2. The van der Waals surface area contributed by atoms with E-state index in [0.717, 1.165) is 27.2 Å². The molecular formula is C35H49BrN4O6SSi. The van der Waals surface area contributed by atoms with E-state index in [1.54, 1.807) is 53.8 Å². The maximum atomic E-state index is 13.5. The van der Waals surface area contributed by atoms with Crippen molar-refractivity contribution >= 4 is 46.0 Å². The van der Waals surface area contributed by atoms with Gasteiger partial charge in [0.15, 0.2) is 0 Å². The monoisotopic (exact) mass is 760 g/mol. The summed E-state index contributed by atoms with van der Waals surface area (Å²) in [5.41, 5.74) is 1.50.